The largest absolute Gasteiger partial charge is 0.497 e. The van der Waals surface area contributed by atoms with Crippen molar-refractivity contribution >= 4 is 21.5 Å². The van der Waals surface area contributed by atoms with Gasteiger partial charge in [-0.15, -0.1) is 0 Å². The number of sulfonamides is 1. The summed E-state index contributed by atoms with van der Waals surface area (Å²) in [5, 5.41) is 4.38. The molecule has 1 aliphatic carbocycles. The molecular weight excluding hydrogens is 462 g/mol. The standard InChI is InChI=1S/C27H31N3O4S/c1-17-5-8-20(9-6-17)35(32,33)29-28-22-14-23-21-10-7-19(34-4)13-18(21)11-12-30(23)24-15-27(2,3)16-25(31)26(22)24/h5-10,13,23,29H,11-12,14-16H2,1-4H3. The summed E-state index contributed by atoms with van der Waals surface area (Å²) in [5.41, 5.74) is 5.29. The van der Waals surface area contributed by atoms with Gasteiger partial charge >= 0.3 is 0 Å². The fraction of sp³-hybridized carbons (Fsp3) is 0.407. The number of carbonyl (C=O) groups is 1. The van der Waals surface area contributed by atoms with Crippen LogP contribution >= 0.6 is 0 Å². The SMILES string of the molecule is COc1ccc2c(c1)CCN1C3=C(C(=O)CC(C)(C)C3)C(=NNS(=O)(=O)c3ccc(C)cc3)CC21. The molecule has 2 aliphatic heterocycles. The monoisotopic (exact) mass is 493 g/mol. The first-order valence-corrected chi connectivity index (χ1v) is 13.4. The lowest BCUT2D eigenvalue weighted by Gasteiger charge is -2.48. The molecule has 35 heavy (non-hydrogen) atoms. The Morgan fingerprint density at radius 1 is 1.11 bits per heavy atom. The zero-order chi connectivity index (χ0) is 25.0. The van der Waals surface area contributed by atoms with Crippen molar-refractivity contribution in [3.8, 4) is 5.75 Å². The van der Waals surface area contributed by atoms with Crippen LogP contribution in [0.3, 0.4) is 0 Å². The molecule has 2 heterocycles. The minimum atomic E-state index is -3.85. The second kappa shape index (κ2) is 8.52. The number of rotatable bonds is 4. The van der Waals surface area contributed by atoms with Crippen molar-refractivity contribution in [3.05, 3.63) is 70.4 Å². The molecular formula is C27H31N3O4S. The van der Waals surface area contributed by atoms with E-state index in [1.165, 1.54) is 11.1 Å². The van der Waals surface area contributed by atoms with Crippen molar-refractivity contribution in [2.24, 2.45) is 10.5 Å². The van der Waals surface area contributed by atoms with Crippen LogP contribution < -0.4 is 9.57 Å². The molecule has 2 aromatic rings. The Labute approximate surface area is 206 Å². The third-order valence-electron chi connectivity index (χ3n) is 7.21. The highest BCUT2D eigenvalue weighted by Gasteiger charge is 2.44. The molecule has 7 nitrogen and oxygen atoms in total. The van der Waals surface area contributed by atoms with Crippen LogP contribution in [0.2, 0.25) is 0 Å². The smallest absolute Gasteiger partial charge is 0.276 e. The summed E-state index contributed by atoms with van der Waals surface area (Å²) in [6.07, 6.45) is 2.49. The first-order chi connectivity index (χ1) is 16.6. The van der Waals surface area contributed by atoms with Gasteiger partial charge in [0.2, 0.25) is 0 Å². The van der Waals surface area contributed by atoms with Gasteiger partial charge in [0.1, 0.15) is 5.75 Å². The second-order valence-corrected chi connectivity index (χ2v) is 12.1. The topological polar surface area (TPSA) is 88.1 Å². The molecule has 0 amide bonds. The molecule has 0 radical (unpaired) electrons. The molecule has 8 heteroatoms. The number of hydrogen-bond acceptors (Lipinski definition) is 6. The number of nitrogens with zero attached hydrogens (tertiary/aromatic N) is 2. The summed E-state index contributed by atoms with van der Waals surface area (Å²) in [5.74, 6) is 0.852. The van der Waals surface area contributed by atoms with Crippen LogP contribution in [0.5, 0.6) is 5.75 Å². The van der Waals surface area contributed by atoms with E-state index in [1.807, 2.05) is 13.0 Å². The third-order valence-corrected chi connectivity index (χ3v) is 8.44. The van der Waals surface area contributed by atoms with Gasteiger partial charge in [-0.25, -0.2) is 0 Å². The van der Waals surface area contributed by atoms with Gasteiger partial charge in [-0.1, -0.05) is 37.6 Å². The number of aryl methyl sites for hydroxylation is 1. The Balaban J connectivity index is 1.57. The molecule has 2 aromatic carbocycles. The number of allylic oxidation sites excluding steroid dienone is 2. The minimum Gasteiger partial charge on any atom is -0.497 e. The molecule has 3 aliphatic rings. The lowest BCUT2D eigenvalue weighted by Crippen LogP contribution is -2.46. The normalized spacial score (nSPS) is 22.4. The number of methoxy groups -OCH3 is 1. The summed E-state index contributed by atoms with van der Waals surface area (Å²) in [4.78, 5) is 18.2. The summed E-state index contributed by atoms with van der Waals surface area (Å²) in [6, 6.07) is 12.7. The van der Waals surface area contributed by atoms with Gasteiger partial charge in [-0.05, 0) is 60.6 Å². The molecule has 0 aromatic heterocycles. The van der Waals surface area contributed by atoms with E-state index >= 15 is 0 Å². The zero-order valence-corrected chi connectivity index (χ0v) is 21.4. The predicted molar refractivity (Wildman–Crippen MR) is 135 cm³/mol. The maximum absolute atomic E-state index is 13.3. The van der Waals surface area contributed by atoms with E-state index in [0.717, 1.165) is 36.4 Å². The van der Waals surface area contributed by atoms with E-state index < -0.39 is 10.0 Å². The second-order valence-electron chi connectivity index (χ2n) is 10.5. The predicted octanol–water partition coefficient (Wildman–Crippen LogP) is 4.28. The van der Waals surface area contributed by atoms with E-state index in [4.69, 9.17) is 4.74 Å². The lowest BCUT2D eigenvalue weighted by atomic mass is 9.71. The van der Waals surface area contributed by atoms with Gasteiger partial charge in [-0.3, -0.25) is 4.79 Å². The van der Waals surface area contributed by atoms with Crippen LogP contribution in [-0.2, 0) is 21.2 Å². The lowest BCUT2D eigenvalue weighted by molar-refractivity contribution is -0.118. The number of ether oxygens (including phenoxy) is 1. The number of ketones is 1. The summed E-state index contributed by atoms with van der Waals surface area (Å²) < 4.78 is 31.3. The molecule has 1 N–H and O–H groups in total. The number of nitrogens with one attached hydrogen (secondary N) is 1. The number of carbonyl (C=O) groups excluding carboxylic acids is 1. The maximum atomic E-state index is 13.3. The molecule has 0 saturated heterocycles. The Morgan fingerprint density at radius 3 is 2.57 bits per heavy atom. The maximum Gasteiger partial charge on any atom is 0.276 e. The summed E-state index contributed by atoms with van der Waals surface area (Å²) in [7, 11) is -2.19. The molecule has 0 saturated carbocycles. The molecule has 0 fully saturated rings. The quantitative estimate of drug-likeness (QED) is 0.642. The zero-order valence-electron chi connectivity index (χ0n) is 20.6. The van der Waals surface area contributed by atoms with Crippen molar-refractivity contribution in [1.29, 1.82) is 0 Å². The van der Waals surface area contributed by atoms with Crippen molar-refractivity contribution < 1.29 is 17.9 Å². The van der Waals surface area contributed by atoms with Crippen molar-refractivity contribution in [1.82, 2.24) is 9.73 Å². The summed E-state index contributed by atoms with van der Waals surface area (Å²) in [6.45, 7) is 6.92. The number of hydrazone groups is 1. The average Bonchev–Trinajstić information content (AvgIpc) is 2.81. The first kappa shape index (κ1) is 23.6. The van der Waals surface area contributed by atoms with Gasteiger partial charge in [-0.2, -0.15) is 18.4 Å². The van der Waals surface area contributed by atoms with Gasteiger partial charge in [0.25, 0.3) is 10.0 Å². The number of Topliss-reactive ketones (excluding diaryl/α,β-unsaturated/α-hetero) is 1. The highest BCUT2D eigenvalue weighted by Crippen LogP contribution is 2.48. The number of benzene rings is 2. The Bertz CT molecular complexity index is 1360. The van der Waals surface area contributed by atoms with Crippen LogP contribution in [-0.4, -0.2) is 38.5 Å². The van der Waals surface area contributed by atoms with Gasteiger partial charge in [0.15, 0.2) is 5.78 Å². The van der Waals surface area contributed by atoms with Gasteiger partial charge in [0.05, 0.1) is 29.3 Å². The van der Waals surface area contributed by atoms with Crippen LogP contribution in [0.4, 0.5) is 0 Å². The summed E-state index contributed by atoms with van der Waals surface area (Å²) >= 11 is 0. The van der Waals surface area contributed by atoms with Crippen LogP contribution in [0.25, 0.3) is 0 Å². The molecule has 1 unspecified atom stereocenters. The van der Waals surface area contributed by atoms with Gasteiger partial charge in [0, 0.05) is 25.1 Å². The third kappa shape index (κ3) is 4.35. The van der Waals surface area contributed by atoms with E-state index in [1.54, 1.807) is 31.4 Å². The van der Waals surface area contributed by atoms with E-state index in [-0.39, 0.29) is 22.1 Å². The fourth-order valence-corrected chi connectivity index (χ4v) is 6.32. The van der Waals surface area contributed by atoms with Crippen molar-refractivity contribution in [2.45, 2.75) is 57.4 Å². The molecule has 0 spiro atoms. The van der Waals surface area contributed by atoms with E-state index in [0.29, 0.717) is 24.1 Å². The minimum absolute atomic E-state index is 0.00673. The molecule has 0 bridgehead atoms. The van der Waals surface area contributed by atoms with Crippen molar-refractivity contribution in [3.63, 3.8) is 0 Å². The molecule has 5 rings (SSSR count). The number of fused-ring (bicyclic) bond motifs is 4. The number of hydrogen-bond donors (Lipinski definition) is 1. The highest BCUT2D eigenvalue weighted by molar-refractivity contribution is 7.89. The fourth-order valence-electron chi connectivity index (χ4n) is 5.49. The van der Waals surface area contributed by atoms with Crippen molar-refractivity contribution in [2.75, 3.05) is 13.7 Å². The first-order valence-electron chi connectivity index (χ1n) is 11.9. The molecule has 1 atom stereocenters. The Kier molecular flexibility index (Phi) is 5.74. The van der Waals surface area contributed by atoms with Crippen LogP contribution in [0, 0.1) is 12.3 Å². The molecule has 184 valence electrons. The van der Waals surface area contributed by atoms with Gasteiger partial charge < -0.3 is 9.64 Å². The Morgan fingerprint density at radius 2 is 1.86 bits per heavy atom. The van der Waals surface area contributed by atoms with Crippen LogP contribution in [0.15, 0.2) is 63.7 Å². The van der Waals surface area contributed by atoms with Crippen LogP contribution in [0.1, 0.15) is 55.8 Å². The highest BCUT2D eigenvalue weighted by atomic mass is 32.2. The van der Waals surface area contributed by atoms with E-state index in [9.17, 15) is 13.2 Å². The average molecular weight is 494 g/mol. The van der Waals surface area contributed by atoms with E-state index in [2.05, 4.69) is 40.8 Å². The Hall–Kier alpha value is -3.13.